The van der Waals surface area contributed by atoms with E-state index in [4.69, 9.17) is 0 Å². The van der Waals surface area contributed by atoms with E-state index in [-0.39, 0.29) is 0 Å². The maximum absolute atomic E-state index is 3.79. The van der Waals surface area contributed by atoms with Crippen molar-refractivity contribution in [2.24, 2.45) is 0 Å². The van der Waals surface area contributed by atoms with Gasteiger partial charge in [-0.1, -0.05) is 19.5 Å². The fourth-order valence-electron chi connectivity index (χ4n) is 0.539. The summed E-state index contributed by atoms with van der Waals surface area (Å²) in [6.07, 6.45) is 0. The minimum Gasteiger partial charge on any atom is -0.121 e. The third-order valence-electron chi connectivity index (χ3n) is 1.54. The topological polar surface area (TPSA) is 0 Å². The van der Waals surface area contributed by atoms with Crippen LogP contribution < -0.4 is 0 Å². The van der Waals surface area contributed by atoms with Gasteiger partial charge in [0.1, 0.15) is 0 Å². The molecule has 0 nitrogen and oxygen atoms in total. The van der Waals surface area contributed by atoms with Crippen LogP contribution in [-0.4, -0.2) is 6.69 Å². The molecule has 0 aromatic heterocycles. The average Bonchev–Trinajstić information content (AvgIpc) is 1.87. The first-order chi connectivity index (χ1) is 3.68. The van der Waals surface area contributed by atoms with Crippen LogP contribution >= 0.6 is 15.3 Å². The molecule has 0 rings (SSSR count). The Morgan fingerprint density at radius 1 is 1.50 bits per heavy atom. The molecule has 0 heterocycles. The van der Waals surface area contributed by atoms with Gasteiger partial charge in [-0.25, -0.2) is 0 Å². The monoisotopic (exact) mass is 192 g/mol. The first-order valence-electron chi connectivity index (χ1n) is 3.01. The fraction of sp³-hybridized carbons (Fsp3) is 0.667. The molecule has 0 amide bonds. The lowest BCUT2D eigenvalue weighted by atomic mass is 10.9. The van der Waals surface area contributed by atoms with Gasteiger partial charge in [-0.15, -0.1) is 21.9 Å². The molecule has 0 unspecified atom stereocenters. The maximum atomic E-state index is 3.79. The van der Waals surface area contributed by atoms with Gasteiger partial charge in [0.2, 0.25) is 0 Å². The van der Waals surface area contributed by atoms with Crippen LogP contribution in [0.2, 0.25) is 12.1 Å². The molecule has 8 heavy (non-hydrogen) atoms. The van der Waals surface area contributed by atoms with Crippen LogP contribution in [0, 0.1) is 0 Å². The lowest BCUT2D eigenvalue weighted by Gasteiger charge is -2.14. The minimum atomic E-state index is -1.09. The second-order valence-corrected chi connectivity index (χ2v) is 10.6. The van der Waals surface area contributed by atoms with Crippen molar-refractivity contribution in [3.05, 3.63) is 12.3 Å². The van der Waals surface area contributed by atoms with Gasteiger partial charge in [-0.3, -0.25) is 0 Å². The SMILES string of the molecule is C=C[Si](Br)(CC)CC. The van der Waals surface area contributed by atoms with Gasteiger partial charge in [-0.2, -0.15) is 0 Å². The van der Waals surface area contributed by atoms with Gasteiger partial charge < -0.3 is 0 Å². The first kappa shape index (κ1) is 8.44. The van der Waals surface area contributed by atoms with Crippen LogP contribution in [0.1, 0.15) is 13.8 Å². The summed E-state index contributed by atoms with van der Waals surface area (Å²) in [6.45, 7) is 7.12. The van der Waals surface area contributed by atoms with E-state index in [1.165, 1.54) is 12.1 Å². The van der Waals surface area contributed by atoms with E-state index in [9.17, 15) is 0 Å². The molecule has 0 saturated carbocycles. The number of rotatable bonds is 3. The van der Waals surface area contributed by atoms with E-state index in [2.05, 4.69) is 41.4 Å². The van der Waals surface area contributed by atoms with Crippen LogP contribution in [0.5, 0.6) is 0 Å². The van der Waals surface area contributed by atoms with Crippen LogP contribution in [0.15, 0.2) is 12.3 Å². The number of hydrogen-bond donors (Lipinski definition) is 0. The average molecular weight is 193 g/mol. The highest BCUT2D eigenvalue weighted by atomic mass is 79.9. The minimum absolute atomic E-state index is 1.09. The summed E-state index contributed by atoms with van der Waals surface area (Å²) in [5.74, 6) is 0. The van der Waals surface area contributed by atoms with Gasteiger partial charge in [0, 0.05) is 0 Å². The van der Waals surface area contributed by atoms with E-state index >= 15 is 0 Å². The van der Waals surface area contributed by atoms with Crippen LogP contribution in [-0.2, 0) is 0 Å². The second kappa shape index (κ2) is 3.46. The smallest absolute Gasteiger partial charge is 0.121 e. The maximum Gasteiger partial charge on any atom is 0.152 e. The van der Waals surface area contributed by atoms with Crippen molar-refractivity contribution in [1.29, 1.82) is 0 Å². The van der Waals surface area contributed by atoms with Crippen LogP contribution in [0.3, 0.4) is 0 Å². The summed E-state index contributed by atoms with van der Waals surface area (Å²) < 4.78 is 0. The lowest BCUT2D eigenvalue weighted by molar-refractivity contribution is 1.32. The van der Waals surface area contributed by atoms with Gasteiger partial charge in [0.25, 0.3) is 0 Å². The van der Waals surface area contributed by atoms with E-state index in [0.717, 1.165) is 0 Å². The Labute approximate surface area is 60.6 Å². The molecule has 2 heteroatoms. The number of hydrogen-bond acceptors (Lipinski definition) is 0. The van der Waals surface area contributed by atoms with Crippen molar-refractivity contribution in [3.8, 4) is 0 Å². The van der Waals surface area contributed by atoms with Crippen molar-refractivity contribution in [2.75, 3.05) is 0 Å². The Balaban J connectivity index is 3.76. The summed E-state index contributed by atoms with van der Waals surface area (Å²) in [5.41, 5.74) is 2.10. The summed E-state index contributed by atoms with van der Waals surface area (Å²) in [6, 6.07) is 2.51. The third kappa shape index (κ3) is 2.14. The Morgan fingerprint density at radius 2 is 1.88 bits per heavy atom. The van der Waals surface area contributed by atoms with Gasteiger partial charge in [0.05, 0.1) is 0 Å². The quantitative estimate of drug-likeness (QED) is 0.477. The predicted molar refractivity (Wildman–Crippen MR) is 45.8 cm³/mol. The molecule has 0 aromatic carbocycles. The summed E-state index contributed by atoms with van der Waals surface area (Å²) in [4.78, 5) is 0. The first-order valence-corrected chi connectivity index (χ1v) is 7.76. The highest BCUT2D eigenvalue weighted by Gasteiger charge is 2.19. The summed E-state index contributed by atoms with van der Waals surface area (Å²) >= 11 is 3.70. The van der Waals surface area contributed by atoms with Crippen LogP contribution in [0.25, 0.3) is 0 Å². The standard InChI is InChI=1S/C6H13BrSi/c1-4-8(7,5-2)6-3/h4H,1,5-6H2,2-3H3. The molecule has 0 aliphatic carbocycles. The van der Waals surface area contributed by atoms with Gasteiger partial charge in [-0.05, 0) is 12.1 Å². The molecule has 0 aliphatic rings. The van der Waals surface area contributed by atoms with E-state index < -0.39 is 6.69 Å². The molecule has 0 aliphatic heterocycles. The Morgan fingerprint density at radius 3 is 1.88 bits per heavy atom. The fourth-order valence-corrected chi connectivity index (χ4v) is 1.62. The Bertz CT molecular complexity index is 76.6. The largest absolute Gasteiger partial charge is 0.152 e. The zero-order chi connectivity index (χ0) is 6.62. The summed E-state index contributed by atoms with van der Waals surface area (Å²) in [7, 11) is 0. The molecular weight excluding hydrogens is 180 g/mol. The zero-order valence-corrected chi connectivity index (χ0v) is 8.16. The van der Waals surface area contributed by atoms with E-state index in [0.29, 0.717) is 0 Å². The van der Waals surface area contributed by atoms with Crippen molar-refractivity contribution in [2.45, 2.75) is 25.9 Å². The molecule has 0 spiro atoms. The molecular formula is C6H13BrSi. The van der Waals surface area contributed by atoms with Crippen molar-refractivity contribution in [3.63, 3.8) is 0 Å². The van der Waals surface area contributed by atoms with Gasteiger partial charge in [0.15, 0.2) is 6.69 Å². The molecule has 0 N–H and O–H groups in total. The van der Waals surface area contributed by atoms with Crippen LogP contribution in [0.4, 0.5) is 0 Å². The Hall–Kier alpha value is 0.437. The van der Waals surface area contributed by atoms with Gasteiger partial charge >= 0.3 is 0 Å². The molecule has 0 atom stereocenters. The third-order valence-corrected chi connectivity index (χ3v) is 8.96. The normalized spacial score (nSPS) is 11.4. The number of halogens is 1. The molecule has 0 fully saturated rings. The predicted octanol–water partition coefficient (Wildman–Crippen LogP) is 3.09. The van der Waals surface area contributed by atoms with Crippen molar-refractivity contribution in [1.82, 2.24) is 0 Å². The van der Waals surface area contributed by atoms with E-state index in [1.807, 2.05) is 0 Å². The van der Waals surface area contributed by atoms with E-state index in [1.54, 1.807) is 0 Å². The Kier molecular flexibility index (Phi) is 3.65. The van der Waals surface area contributed by atoms with Crippen molar-refractivity contribution >= 4 is 22.0 Å². The molecule has 48 valence electrons. The highest BCUT2D eigenvalue weighted by molar-refractivity contribution is 9.26. The highest BCUT2D eigenvalue weighted by Crippen LogP contribution is 2.22. The van der Waals surface area contributed by atoms with Crippen molar-refractivity contribution < 1.29 is 0 Å². The molecule has 0 aromatic rings. The molecule has 0 radical (unpaired) electrons. The summed E-state index contributed by atoms with van der Waals surface area (Å²) in [5, 5.41) is 0. The molecule has 0 bridgehead atoms. The zero-order valence-electron chi connectivity index (χ0n) is 5.58. The second-order valence-electron chi connectivity index (χ2n) is 1.95. The lowest BCUT2D eigenvalue weighted by Crippen LogP contribution is -2.19. The molecule has 0 saturated heterocycles.